The second-order valence-corrected chi connectivity index (χ2v) is 9.90. The number of pyridine rings is 1. The van der Waals surface area contributed by atoms with Crippen molar-refractivity contribution >= 4 is 43.8 Å². The van der Waals surface area contributed by atoms with E-state index < -0.39 is 9.84 Å². The van der Waals surface area contributed by atoms with E-state index in [9.17, 15) is 13.2 Å². The lowest BCUT2D eigenvalue weighted by Crippen LogP contribution is -2.41. The molecule has 0 spiro atoms. The van der Waals surface area contributed by atoms with Gasteiger partial charge in [-0.25, -0.2) is 13.4 Å². The second-order valence-electron chi connectivity index (χ2n) is 7.60. The molecule has 4 aromatic rings. The van der Waals surface area contributed by atoms with Gasteiger partial charge < -0.3 is 10.6 Å². The minimum Gasteiger partial charge on any atom is -0.383 e. The van der Waals surface area contributed by atoms with Crippen molar-refractivity contribution in [3.63, 3.8) is 0 Å². The number of hydrogen-bond acceptors (Lipinski definition) is 8. The Bertz CT molecular complexity index is 1450. The normalized spacial score (nSPS) is 16.1. The summed E-state index contributed by atoms with van der Waals surface area (Å²) in [5.74, 6) is 0.346. The second kappa shape index (κ2) is 7.02. The van der Waals surface area contributed by atoms with E-state index in [1.807, 2.05) is 35.2 Å². The molecule has 0 saturated carbocycles. The third kappa shape index (κ3) is 3.28. The van der Waals surface area contributed by atoms with Crippen molar-refractivity contribution in [3.8, 4) is 11.1 Å². The van der Waals surface area contributed by atoms with Crippen LogP contribution >= 0.6 is 0 Å². The number of carbonyl (C=O) groups excluding carboxylic acids is 1. The topological polar surface area (TPSA) is 124 Å². The highest BCUT2D eigenvalue weighted by molar-refractivity contribution is 7.91. The van der Waals surface area contributed by atoms with Crippen molar-refractivity contribution in [2.24, 2.45) is 0 Å². The third-order valence-corrected chi connectivity index (χ3v) is 7.17. The van der Waals surface area contributed by atoms with Gasteiger partial charge in [-0.2, -0.15) is 9.61 Å². The van der Waals surface area contributed by atoms with Crippen LogP contribution in [0.2, 0.25) is 0 Å². The molecule has 0 atom stereocenters. The van der Waals surface area contributed by atoms with Gasteiger partial charge in [0, 0.05) is 35.8 Å². The quantitative estimate of drug-likeness (QED) is 0.484. The third-order valence-electron chi connectivity index (χ3n) is 5.56. The zero-order valence-electron chi connectivity index (χ0n) is 16.8. The number of para-hydroxylation sites is 1. The number of hydrogen-bond donors (Lipinski definition) is 1. The van der Waals surface area contributed by atoms with E-state index >= 15 is 0 Å². The lowest BCUT2D eigenvalue weighted by molar-refractivity contribution is 0.101. The maximum atomic E-state index is 12.4. The van der Waals surface area contributed by atoms with E-state index in [0.29, 0.717) is 11.5 Å². The minimum atomic E-state index is -3.08. The van der Waals surface area contributed by atoms with Crippen molar-refractivity contribution in [1.29, 1.82) is 0 Å². The summed E-state index contributed by atoms with van der Waals surface area (Å²) in [6, 6.07) is 9.80. The molecule has 1 saturated heterocycles. The average molecular weight is 436 g/mol. The number of nitrogen functional groups attached to an aromatic ring is 1. The number of aromatic nitrogens is 4. The predicted molar refractivity (Wildman–Crippen MR) is 119 cm³/mol. The van der Waals surface area contributed by atoms with E-state index in [-0.39, 0.29) is 41.8 Å². The molecule has 0 aliphatic carbocycles. The highest BCUT2D eigenvalue weighted by Gasteiger charge is 2.28. The average Bonchev–Trinajstić information content (AvgIpc) is 3.17. The fourth-order valence-electron chi connectivity index (χ4n) is 3.92. The molecule has 1 aliphatic rings. The van der Waals surface area contributed by atoms with Crippen LogP contribution in [0.4, 0.5) is 11.6 Å². The van der Waals surface area contributed by atoms with Crippen molar-refractivity contribution in [2.75, 3.05) is 35.2 Å². The first kappa shape index (κ1) is 19.4. The van der Waals surface area contributed by atoms with Gasteiger partial charge in [0.25, 0.3) is 0 Å². The summed E-state index contributed by atoms with van der Waals surface area (Å²) in [7, 11) is -3.08. The fraction of sp³-hybridized carbons (Fsp3) is 0.238. The molecule has 31 heavy (non-hydrogen) atoms. The Morgan fingerprint density at radius 3 is 2.61 bits per heavy atom. The molecule has 0 amide bonds. The number of rotatable bonds is 3. The summed E-state index contributed by atoms with van der Waals surface area (Å²) in [5, 5.41) is 5.34. The summed E-state index contributed by atoms with van der Waals surface area (Å²) in [6.07, 6.45) is 3.40. The van der Waals surface area contributed by atoms with Crippen LogP contribution in [0.1, 0.15) is 17.3 Å². The molecule has 4 heterocycles. The molecular weight excluding hydrogens is 416 g/mol. The molecule has 3 aromatic heterocycles. The van der Waals surface area contributed by atoms with Crippen molar-refractivity contribution < 1.29 is 13.2 Å². The van der Waals surface area contributed by atoms with E-state index in [2.05, 4.69) is 10.1 Å². The smallest absolute Gasteiger partial charge is 0.167 e. The van der Waals surface area contributed by atoms with Crippen LogP contribution in [0, 0.1) is 0 Å². The van der Waals surface area contributed by atoms with Crippen LogP contribution in [0.25, 0.3) is 27.7 Å². The van der Waals surface area contributed by atoms with Crippen molar-refractivity contribution in [1.82, 2.24) is 19.6 Å². The lowest BCUT2D eigenvalue weighted by atomic mass is 10.1. The first-order valence-corrected chi connectivity index (χ1v) is 11.6. The van der Waals surface area contributed by atoms with Gasteiger partial charge >= 0.3 is 0 Å². The summed E-state index contributed by atoms with van der Waals surface area (Å²) < 4.78 is 25.2. The summed E-state index contributed by atoms with van der Waals surface area (Å²) >= 11 is 0. The highest BCUT2D eigenvalue weighted by Crippen LogP contribution is 2.32. The van der Waals surface area contributed by atoms with Gasteiger partial charge in [0.1, 0.15) is 17.2 Å². The molecule has 0 radical (unpaired) electrons. The zero-order valence-corrected chi connectivity index (χ0v) is 17.6. The summed E-state index contributed by atoms with van der Waals surface area (Å²) in [6.45, 7) is 1.93. The molecule has 158 valence electrons. The standard InChI is InChI=1S/C21H20N6O3S/c1-13(28)18-19(22)27-20(25-21(18)26-6-8-31(29,30)9-7-26)16(12-24-27)15-10-14-4-2-3-5-17(14)23-11-15/h2-5,10-12H,6-9,22H2,1H3. The van der Waals surface area contributed by atoms with Crippen molar-refractivity contribution in [3.05, 3.63) is 48.3 Å². The number of anilines is 2. The van der Waals surface area contributed by atoms with Crippen LogP contribution < -0.4 is 10.6 Å². The number of ketones is 1. The van der Waals surface area contributed by atoms with Crippen LogP contribution in [-0.2, 0) is 9.84 Å². The van der Waals surface area contributed by atoms with Gasteiger partial charge in [0.15, 0.2) is 21.3 Å². The van der Waals surface area contributed by atoms with Gasteiger partial charge in [0.2, 0.25) is 0 Å². The largest absolute Gasteiger partial charge is 0.383 e. The lowest BCUT2D eigenvalue weighted by Gasteiger charge is -2.29. The minimum absolute atomic E-state index is 0.0117. The molecule has 1 aromatic carbocycles. The number of fused-ring (bicyclic) bond motifs is 2. The molecule has 1 fully saturated rings. The molecule has 10 heteroatoms. The van der Waals surface area contributed by atoms with Crippen molar-refractivity contribution in [2.45, 2.75) is 6.92 Å². The Morgan fingerprint density at radius 2 is 1.87 bits per heavy atom. The van der Waals surface area contributed by atoms with Crippen LogP contribution in [0.5, 0.6) is 0 Å². The number of nitrogens with zero attached hydrogens (tertiary/aromatic N) is 5. The van der Waals surface area contributed by atoms with Crippen LogP contribution in [0.3, 0.4) is 0 Å². The predicted octanol–water partition coefficient (Wildman–Crippen LogP) is 1.96. The molecule has 5 rings (SSSR count). The molecule has 9 nitrogen and oxygen atoms in total. The summed E-state index contributed by atoms with van der Waals surface area (Å²) in [4.78, 5) is 23.5. The van der Waals surface area contributed by atoms with E-state index in [1.165, 1.54) is 11.4 Å². The van der Waals surface area contributed by atoms with Gasteiger partial charge in [-0.05, 0) is 19.1 Å². The van der Waals surface area contributed by atoms with E-state index in [4.69, 9.17) is 10.7 Å². The summed E-state index contributed by atoms with van der Waals surface area (Å²) in [5.41, 5.74) is 9.51. The number of Topliss-reactive ketones (excluding diaryl/α,β-unsaturated/α-hetero) is 1. The van der Waals surface area contributed by atoms with E-state index in [0.717, 1.165) is 22.0 Å². The first-order chi connectivity index (χ1) is 14.8. The highest BCUT2D eigenvalue weighted by atomic mass is 32.2. The Balaban J connectivity index is 1.70. The van der Waals surface area contributed by atoms with Gasteiger partial charge in [-0.1, -0.05) is 18.2 Å². The Kier molecular flexibility index (Phi) is 4.40. The number of benzene rings is 1. The SMILES string of the molecule is CC(=O)c1c(N2CCS(=O)(=O)CC2)nc2c(-c3cnc4ccccc4c3)cnn2c1N. The maximum absolute atomic E-state index is 12.4. The fourth-order valence-corrected chi connectivity index (χ4v) is 5.12. The Morgan fingerprint density at radius 1 is 1.13 bits per heavy atom. The van der Waals surface area contributed by atoms with Crippen LogP contribution in [0.15, 0.2) is 42.7 Å². The van der Waals surface area contributed by atoms with E-state index in [1.54, 1.807) is 12.4 Å². The van der Waals surface area contributed by atoms with Gasteiger partial charge in [-0.3, -0.25) is 9.78 Å². The molecule has 2 N–H and O–H groups in total. The maximum Gasteiger partial charge on any atom is 0.167 e. The monoisotopic (exact) mass is 436 g/mol. The Labute approximate surface area is 178 Å². The number of nitrogens with two attached hydrogens (primary N) is 1. The first-order valence-electron chi connectivity index (χ1n) is 9.83. The molecule has 1 aliphatic heterocycles. The molecule has 0 unspecified atom stereocenters. The number of sulfone groups is 1. The number of carbonyl (C=O) groups is 1. The van der Waals surface area contributed by atoms with Gasteiger partial charge in [0.05, 0.1) is 23.2 Å². The van der Waals surface area contributed by atoms with Crippen LogP contribution in [-0.4, -0.2) is 58.4 Å². The molecule has 0 bridgehead atoms. The Hall–Kier alpha value is -3.53. The zero-order chi connectivity index (χ0) is 21.8. The molecular formula is C21H20N6O3S. The van der Waals surface area contributed by atoms with Gasteiger partial charge in [-0.15, -0.1) is 0 Å².